The van der Waals surface area contributed by atoms with Crippen molar-refractivity contribution in [2.24, 2.45) is 0 Å². The number of carbonyl (C=O) groups excluding carboxylic acids is 1. The fourth-order valence-corrected chi connectivity index (χ4v) is 2.49. The first kappa shape index (κ1) is 12.5. The summed E-state index contributed by atoms with van der Waals surface area (Å²) in [6.45, 7) is 1.45. The Kier molecular flexibility index (Phi) is 3.06. The van der Waals surface area contributed by atoms with Crippen LogP contribution in [0.25, 0.3) is 5.57 Å². The van der Waals surface area contributed by atoms with E-state index in [1.807, 2.05) is 24.3 Å². The van der Waals surface area contributed by atoms with Gasteiger partial charge in [-0.25, -0.2) is 9.59 Å². The smallest absolute Gasteiger partial charge is 0.407 e. The van der Waals surface area contributed by atoms with Crippen LogP contribution in [0.2, 0.25) is 0 Å². The lowest BCUT2D eigenvalue weighted by atomic mass is 9.97. The van der Waals surface area contributed by atoms with Crippen LogP contribution in [0.15, 0.2) is 24.3 Å². The summed E-state index contributed by atoms with van der Waals surface area (Å²) in [7, 11) is 0. The van der Waals surface area contributed by atoms with Crippen LogP contribution in [0, 0.1) is 0 Å². The number of carbonyl (C=O) groups is 2. The number of benzene rings is 1. The van der Waals surface area contributed by atoms with Crippen molar-refractivity contribution in [2.45, 2.75) is 13.0 Å². The van der Waals surface area contributed by atoms with Gasteiger partial charge in [0, 0.05) is 25.3 Å². The molecule has 0 fully saturated rings. The molecule has 6 heteroatoms. The van der Waals surface area contributed by atoms with Gasteiger partial charge in [0.15, 0.2) is 0 Å². The molecular formula is C14H15N3O3. The minimum absolute atomic E-state index is 0.190. The number of rotatable bonds is 1. The van der Waals surface area contributed by atoms with E-state index < -0.39 is 6.09 Å². The molecule has 0 aliphatic carbocycles. The van der Waals surface area contributed by atoms with Crippen LogP contribution in [-0.2, 0) is 6.54 Å². The van der Waals surface area contributed by atoms with Crippen molar-refractivity contribution in [3.63, 3.8) is 0 Å². The maximum atomic E-state index is 11.3. The van der Waals surface area contributed by atoms with Crippen molar-refractivity contribution in [2.75, 3.05) is 18.4 Å². The second-order valence-corrected chi connectivity index (χ2v) is 4.89. The van der Waals surface area contributed by atoms with E-state index in [-0.39, 0.29) is 6.03 Å². The molecule has 104 valence electrons. The average Bonchev–Trinajstić information content (AvgIpc) is 2.46. The van der Waals surface area contributed by atoms with Gasteiger partial charge in [0.05, 0.1) is 0 Å². The van der Waals surface area contributed by atoms with Crippen molar-refractivity contribution < 1.29 is 14.7 Å². The first-order chi connectivity index (χ1) is 9.63. The molecule has 0 radical (unpaired) electrons. The van der Waals surface area contributed by atoms with Crippen LogP contribution in [0.3, 0.4) is 0 Å². The zero-order chi connectivity index (χ0) is 14.1. The molecule has 20 heavy (non-hydrogen) atoms. The Balaban J connectivity index is 1.83. The predicted octanol–water partition coefficient (Wildman–Crippen LogP) is 2.09. The lowest BCUT2D eigenvalue weighted by Crippen LogP contribution is -2.34. The van der Waals surface area contributed by atoms with Crippen LogP contribution in [0.1, 0.15) is 17.5 Å². The Morgan fingerprint density at radius 2 is 2.20 bits per heavy atom. The topological polar surface area (TPSA) is 81.7 Å². The molecule has 0 bridgehead atoms. The van der Waals surface area contributed by atoms with E-state index in [1.54, 1.807) is 0 Å². The number of carboxylic acid groups (broad SMARTS) is 1. The third-order valence-corrected chi connectivity index (χ3v) is 3.65. The highest BCUT2D eigenvalue weighted by atomic mass is 16.4. The fourth-order valence-electron chi connectivity index (χ4n) is 2.49. The normalized spacial score (nSPS) is 17.7. The molecule has 2 aliphatic rings. The Morgan fingerprint density at radius 1 is 1.35 bits per heavy atom. The summed E-state index contributed by atoms with van der Waals surface area (Å²) in [6.07, 6.45) is 1.74. The Hall–Kier alpha value is -2.50. The maximum Gasteiger partial charge on any atom is 0.407 e. The zero-order valence-electron chi connectivity index (χ0n) is 10.8. The molecule has 0 spiro atoms. The van der Waals surface area contributed by atoms with Gasteiger partial charge in [-0.2, -0.15) is 0 Å². The van der Waals surface area contributed by atoms with E-state index in [1.165, 1.54) is 4.90 Å². The van der Waals surface area contributed by atoms with Crippen molar-refractivity contribution in [1.82, 2.24) is 10.2 Å². The second-order valence-electron chi connectivity index (χ2n) is 4.89. The SMILES string of the molecule is O=C1NCc2ccc(C3=CCN(C(=O)O)CC3)cc2N1. The van der Waals surface area contributed by atoms with Crippen LogP contribution >= 0.6 is 0 Å². The highest BCUT2D eigenvalue weighted by molar-refractivity contribution is 5.93. The first-order valence-electron chi connectivity index (χ1n) is 6.48. The molecule has 6 nitrogen and oxygen atoms in total. The lowest BCUT2D eigenvalue weighted by molar-refractivity contribution is 0.150. The third-order valence-electron chi connectivity index (χ3n) is 3.65. The minimum atomic E-state index is -0.885. The first-order valence-corrected chi connectivity index (χ1v) is 6.48. The summed E-state index contributed by atoms with van der Waals surface area (Å²) >= 11 is 0. The van der Waals surface area contributed by atoms with Crippen LogP contribution < -0.4 is 10.6 Å². The molecule has 1 aromatic carbocycles. The van der Waals surface area contributed by atoms with Crippen LogP contribution in [0.4, 0.5) is 15.3 Å². The minimum Gasteiger partial charge on any atom is -0.465 e. The molecule has 0 saturated carbocycles. The monoisotopic (exact) mass is 273 g/mol. The molecule has 0 unspecified atom stereocenters. The number of amides is 3. The molecule has 2 heterocycles. The Morgan fingerprint density at radius 3 is 2.90 bits per heavy atom. The number of urea groups is 1. The lowest BCUT2D eigenvalue weighted by Gasteiger charge is -2.25. The fraction of sp³-hybridized carbons (Fsp3) is 0.286. The molecule has 3 amide bonds. The number of fused-ring (bicyclic) bond motifs is 1. The summed E-state index contributed by atoms with van der Waals surface area (Å²) in [6, 6.07) is 5.77. The molecule has 0 atom stereocenters. The van der Waals surface area contributed by atoms with Gasteiger partial charge in [-0.05, 0) is 29.2 Å². The quantitative estimate of drug-likeness (QED) is 0.732. The van der Waals surface area contributed by atoms with Gasteiger partial charge in [0.25, 0.3) is 0 Å². The van der Waals surface area contributed by atoms with Crippen molar-refractivity contribution >= 4 is 23.4 Å². The molecule has 1 aromatic rings. The molecule has 0 saturated heterocycles. The number of nitrogens with zero attached hydrogens (tertiary/aromatic N) is 1. The number of nitrogens with one attached hydrogen (secondary N) is 2. The van der Waals surface area contributed by atoms with E-state index in [0.717, 1.165) is 22.4 Å². The van der Waals surface area contributed by atoms with E-state index in [4.69, 9.17) is 5.11 Å². The van der Waals surface area contributed by atoms with Crippen LogP contribution in [-0.4, -0.2) is 35.2 Å². The van der Waals surface area contributed by atoms with Gasteiger partial charge >= 0.3 is 12.1 Å². The van der Waals surface area contributed by atoms with Gasteiger partial charge in [-0.15, -0.1) is 0 Å². The van der Waals surface area contributed by atoms with E-state index in [0.29, 0.717) is 26.1 Å². The molecular weight excluding hydrogens is 258 g/mol. The highest BCUT2D eigenvalue weighted by Gasteiger charge is 2.19. The van der Waals surface area contributed by atoms with Crippen molar-refractivity contribution in [1.29, 1.82) is 0 Å². The summed E-state index contributed by atoms with van der Waals surface area (Å²) < 4.78 is 0. The summed E-state index contributed by atoms with van der Waals surface area (Å²) in [5.74, 6) is 0. The molecule has 2 aliphatic heterocycles. The standard InChI is InChI=1S/C14H15N3O3/c18-13-15-8-11-2-1-10(7-12(11)16-13)9-3-5-17(6-4-9)14(19)20/h1-3,7H,4-6,8H2,(H,19,20)(H2,15,16,18). The van der Waals surface area contributed by atoms with Gasteiger partial charge in [0.2, 0.25) is 0 Å². The Labute approximate surface area is 116 Å². The average molecular weight is 273 g/mol. The van der Waals surface area contributed by atoms with Crippen molar-refractivity contribution in [3.05, 3.63) is 35.4 Å². The largest absolute Gasteiger partial charge is 0.465 e. The second kappa shape index (κ2) is 4.88. The maximum absolute atomic E-state index is 11.3. The van der Waals surface area contributed by atoms with Gasteiger partial charge < -0.3 is 20.6 Å². The van der Waals surface area contributed by atoms with Crippen LogP contribution in [0.5, 0.6) is 0 Å². The predicted molar refractivity (Wildman–Crippen MR) is 74.5 cm³/mol. The van der Waals surface area contributed by atoms with Gasteiger partial charge in [0.1, 0.15) is 0 Å². The van der Waals surface area contributed by atoms with Gasteiger partial charge in [-0.3, -0.25) is 0 Å². The summed E-state index contributed by atoms with van der Waals surface area (Å²) in [5.41, 5.74) is 4.04. The van der Waals surface area contributed by atoms with E-state index in [2.05, 4.69) is 10.6 Å². The zero-order valence-corrected chi connectivity index (χ0v) is 10.8. The van der Waals surface area contributed by atoms with E-state index in [9.17, 15) is 9.59 Å². The van der Waals surface area contributed by atoms with E-state index >= 15 is 0 Å². The number of anilines is 1. The highest BCUT2D eigenvalue weighted by Crippen LogP contribution is 2.28. The Bertz CT molecular complexity index is 610. The molecule has 0 aromatic heterocycles. The summed E-state index contributed by atoms with van der Waals surface area (Å²) in [5, 5.41) is 14.4. The van der Waals surface area contributed by atoms with Crippen molar-refractivity contribution in [3.8, 4) is 0 Å². The number of hydrogen-bond acceptors (Lipinski definition) is 2. The van der Waals surface area contributed by atoms with Gasteiger partial charge in [-0.1, -0.05) is 18.2 Å². The summed E-state index contributed by atoms with van der Waals surface area (Å²) in [4.78, 5) is 23.6. The molecule has 3 rings (SSSR count). The number of hydrogen-bond donors (Lipinski definition) is 3. The third kappa shape index (κ3) is 2.32. The molecule has 3 N–H and O–H groups in total.